The minimum atomic E-state index is -0.669. The monoisotopic (exact) mass is 437 g/mol. The van der Waals surface area contributed by atoms with Gasteiger partial charge in [-0.3, -0.25) is 4.79 Å². The number of carboxylic acids is 1. The van der Waals surface area contributed by atoms with Gasteiger partial charge < -0.3 is 15.3 Å². The molecule has 1 atom stereocenters. The number of piperidine rings is 1. The Bertz CT molecular complexity index is 1050. The number of aliphatic carboxylic acids is 1. The molecule has 3 aromatic rings. The number of nitrogens with one attached hydrogen (secondary N) is 1. The largest absolute Gasteiger partial charge is 0.481 e. The molecule has 0 aliphatic carbocycles. The Kier molecular flexibility index (Phi) is 6.46. The number of carboxylic acid groups (broad SMARTS) is 1. The maximum absolute atomic E-state index is 11.5. The normalized spacial score (nSPS) is 15.6. The molecule has 4 rings (SSSR count). The number of aromatic nitrogens is 3. The Balaban J connectivity index is 1.43. The third-order valence-electron chi connectivity index (χ3n) is 5.80. The number of hydrogen-bond donors (Lipinski definition) is 2. The van der Waals surface area contributed by atoms with Crippen LogP contribution in [-0.4, -0.2) is 39.1 Å². The number of carbonyl (C=O) groups is 1. The zero-order chi connectivity index (χ0) is 21.8. The summed E-state index contributed by atoms with van der Waals surface area (Å²) in [5, 5.41) is 13.7. The lowest BCUT2D eigenvalue weighted by atomic mass is 9.83. The number of aryl methyl sites for hydroxylation is 1. The lowest BCUT2D eigenvalue weighted by molar-refractivity contribution is -0.144. The molecule has 2 N–H and O–H groups in total. The van der Waals surface area contributed by atoms with E-state index in [-0.39, 0.29) is 11.8 Å². The molecule has 1 unspecified atom stereocenters. The van der Waals surface area contributed by atoms with Crippen molar-refractivity contribution in [2.45, 2.75) is 33.1 Å². The SMILES string of the molecule is CCC(C(=O)O)C1CCN(c2ncc(-c3cccc(Nc4cc(C)ccn4)n3)s2)CC1. The van der Waals surface area contributed by atoms with Gasteiger partial charge in [0.25, 0.3) is 0 Å². The second-order valence-electron chi connectivity index (χ2n) is 7.94. The van der Waals surface area contributed by atoms with Crippen molar-refractivity contribution < 1.29 is 9.90 Å². The van der Waals surface area contributed by atoms with Gasteiger partial charge in [-0.25, -0.2) is 15.0 Å². The average Bonchev–Trinajstić information content (AvgIpc) is 3.25. The summed E-state index contributed by atoms with van der Waals surface area (Å²) in [5.41, 5.74) is 2.01. The average molecular weight is 438 g/mol. The summed E-state index contributed by atoms with van der Waals surface area (Å²) in [6, 6.07) is 9.82. The van der Waals surface area contributed by atoms with Crippen LogP contribution in [0.15, 0.2) is 42.7 Å². The predicted octanol–water partition coefficient (Wildman–Crippen LogP) is 4.98. The van der Waals surface area contributed by atoms with Crippen LogP contribution in [0.2, 0.25) is 0 Å². The fourth-order valence-electron chi connectivity index (χ4n) is 4.11. The van der Waals surface area contributed by atoms with E-state index in [0.29, 0.717) is 6.42 Å². The first-order chi connectivity index (χ1) is 15.0. The Labute approximate surface area is 186 Å². The maximum atomic E-state index is 11.5. The van der Waals surface area contributed by atoms with Crippen molar-refractivity contribution in [1.29, 1.82) is 0 Å². The van der Waals surface area contributed by atoms with Gasteiger partial charge in [0.2, 0.25) is 0 Å². The summed E-state index contributed by atoms with van der Waals surface area (Å²) in [6.45, 7) is 5.68. The predicted molar refractivity (Wildman–Crippen MR) is 124 cm³/mol. The maximum Gasteiger partial charge on any atom is 0.306 e. The quantitative estimate of drug-likeness (QED) is 0.539. The van der Waals surface area contributed by atoms with Crippen molar-refractivity contribution in [1.82, 2.24) is 15.0 Å². The van der Waals surface area contributed by atoms with Crippen molar-refractivity contribution in [2.75, 3.05) is 23.3 Å². The van der Waals surface area contributed by atoms with E-state index in [2.05, 4.69) is 20.2 Å². The molecule has 4 heterocycles. The van der Waals surface area contributed by atoms with Crippen LogP contribution in [0.4, 0.5) is 16.8 Å². The van der Waals surface area contributed by atoms with Crippen LogP contribution in [0.5, 0.6) is 0 Å². The standard InChI is InChI=1S/C23H27N5O2S/c1-3-17(22(29)30)16-8-11-28(12-9-16)23-25-14-19(31-23)18-5-4-6-20(26-18)27-21-13-15(2)7-10-24-21/h4-7,10,13-14,16-17H,3,8-9,11-12H2,1-2H3,(H,29,30)(H,24,26,27). The van der Waals surface area contributed by atoms with Crippen molar-refractivity contribution >= 4 is 34.1 Å². The van der Waals surface area contributed by atoms with Crippen LogP contribution in [0, 0.1) is 18.8 Å². The number of rotatable bonds is 7. The van der Waals surface area contributed by atoms with Crippen LogP contribution in [-0.2, 0) is 4.79 Å². The van der Waals surface area contributed by atoms with Gasteiger partial charge in [0.1, 0.15) is 11.6 Å². The molecular weight excluding hydrogens is 410 g/mol. The van der Waals surface area contributed by atoms with Crippen molar-refractivity contribution in [2.24, 2.45) is 11.8 Å². The first-order valence-electron chi connectivity index (χ1n) is 10.6. The number of hydrogen-bond acceptors (Lipinski definition) is 7. The molecule has 7 nitrogen and oxygen atoms in total. The third kappa shape index (κ3) is 5.02. The fourth-order valence-corrected chi connectivity index (χ4v) is 5.05. The summed E-state index contributed by atoms with van der Waals surface area (Å²) >= 11 is 1.62. The summed E-state index contributed by atoms with van der Waals surface area (Å²) < 4.78 is 0. The van der Waals surface area contributed by atoms with E-state index in [0.717, 1.165) is 58.8 Å². The second kappa shape index (κ2) is 9.43. The van der Waals surface area contributed by atoms with Gasteiger partial charge in [-0.05, 0) is 61.9 Å². The summed E-state index contributed by atoms with van der Waals surface area (Å²) in [7, 11) is 0. The lowest BCUT2D eigenvalue weighted by Crippen LogP contribution is -2.37. The van der Waals surface area contributed by atoms with E-state index in [9.17, 15) is 9.90 Å². The van der Waals surface area contributed by atoms with Crippen LogP contribution in [0.1, 0.15) is 31.7 Å². The van der Waals surface area contributed by atoms with E-state index < -0.39 is 5.97 Å². The third-order valence-corrected chi connectivity index (χ3v) is 6.88. The molecule has 1 saturated heterocycles. The van der Waals surface area contributed by atoms with E-state index in [1.165, 1.54) is 0 Å². The van der Waals surface area contributed by atoms with E-state index >= 15 is 0 Å². The van der Waals surface area contributed by atoms with Crippen LogP contribution < -0.4 is 10.2 Å². The van der Waals surface area contributed by atoms with Crippen LogP contribution in [0.3, 0.4) is 0 Å². The summed E-state index contributed by atoms with van der Waals surface area (Å²) in [5.74, 6) is 0.849. The molecule has 0 aromatic carbocycles. The van der Waals surface area contributed by atoms with Gasteiger partial charge in [-0.1, -0.05) is 24.3 Å². The molecular formula is C23H27N5O2S. The molecule has 3 aromatic heterocycles. The molecule has 1 aliphatic rings. The molecule has 0 radical (unpaired) electrons. The highest BCUT2D eigenvalue weighted by Gasteiger charge is 2.30. The summed E-state index contributed by atoms with van der Waals surface area (Å²) in [6.07, 6.45) is 6.12. The van der Waals surface area contributed by atoms with Gasteiger partial charge in [0.15, 0.2) is 5.13 Å². The zero-order valence-corrected chi connectivity index (χ0v) is 18.6. The lowest BCUT2D eigenvalue weighted by Gasteiger charge is -2.34. The Hall–Kier alpha value is -3.00. The van der Waals surface area contributed by atoms with Crippen LogP contribution >= 0.6 is 11.3 Å². The first-order valence-corrected chi connectivity index (χ1v) is 11.5. The zero-order valence-electron chi connectivity index (χ0n) is 17.8. The fraction of sp³-hybridized carbons (Fsp3) is 0.391. The van der Waals surface area contributed by atoms with E-state index in [1.807, 2.05) is 50.4 Å². The van der Waals surface area contributed by atoms with Gasteiger partial charge in [0.05, 0.1) is 16.5 Å². The molecule has 0 bridgehead atoms. The first kappa shape index (κ1) is 21.2. The number of thiazole rings is 1. The molecule has 0 saturated carbocycles. The van der Waals surface area contributed by atoms with Gasteiger partial charge in [-0.15, -0.1) is 0 Å². The topological polar surface area (TPSA) is 91.2 Å². The Morgan fingerprint density at radius 2 is 2.06 bits per heavy atom. The second-order valence-corrected chi connectivity index (χ2v) is 8.95. The Morgan fingerprint density at radius 1 is 1.26 bits per heavy atom. The van der Waals surface area contributed by atoms with Crippen molar-refractivity contribution in [3.63, 3.8) is 0 Å². The molecule has 162 valence electrons. The smallest absolute Gasteiger partial charge is 0.306 e. The van der Waals surface area contributed by atoms with Gasteiger partial charge in [0, 0.05) is 25.5 Å². The molecule has 0 spiro atoms. The number of nitrogens with zero attached hydrogens (tertiary/aromatic N) is 4. The molecule has 8 heteroatoms. The Morgan fingerprint density at radius 3 is 2.77 bits per heavy atom. The minimum absolute atomic E-state index is 0.240. The van der Waals surface area contributed by atoms with E-state index in [4.69, 9.17) is 4.98 Å². The number of anilines is 3. The molecule has 1 aliphatic heterocycles. The highest BCUT2D eigenvalue weighted by Crippen LogP contribution is 2.35. The number of pyridine rings is 2. The highest BCUT2D eigenvalue weighted by atomic mass is 32.1. The van der Waals surface area contributed by atoms with Crippen molar-refractivity contribution in [3.8, 4) is 10.6 Å². The molecule has 0 amide bonds. The summed E-state index contributed by atoms with van der Waals surface area (Å²) in [4.78, 5) is 28.4. The molecule has 1 fully saturated rings. The van der Waals surface area contributed by atoms with Crippen LogP contribution in [0.25, 0.3) is 10.6 Å². The molecule has 31 heavy (non-hydrogen) atoms. The van der Waals surface area contributed by atoms with Gasteiger partial charge in [-0.2, -0.15) is 0 Å². The minimum Gasteiger partial charge on any atom is -0.481 e. The van der Waals surface area contributed by atoms with Crippen molar-refractivity contribution in [3.05, 3.63) is 48.3 Å². The highest BCUT2D eigenvalue weighted by molar-refractivity contribution is 7.18. The van der Waals surface area contributed by atoms with Gasteiger partial charge >= 0.3 is 5.97 Å². The van der Waals surface area contributed by atoms with E-state index in [1.54, 1.807) is 17.5 Å².